The van der Waals surface area contributed by atoms with E-state index in [0.29, 0.717) is 19.3 Å². The zero-order chi connectivity index (χ0) is 47.2. The standard InChI is InChI=1S/C59H104O6/c1-4-7-10-13-16-19-22-25-27-29-30-32-34-37-40-43-46-49-52-58(61)64-55-56(54-63-57(60)51-48-45-42-39-36-33-24-21-18-15-12-9-6-3)65-59(62)53-50-47-44-41-38-35-31-28-26-23-20-17-14-11-8-5-2/h8,11,17,20,26,28,33,35-36,38,56H,4-7,9-10,12-16,18-19,21-25,27,29-32,34,37,39-55H2,1-3H3/b11-8-,20-17-,28-26-,36-33-,38-35-. The Morgan fingerprint density at radius 1 is 0.323 bits per heavy atom. The topological polar surface area (TPSA) is 78.9 Å². The average Bonchev–Trinajstić information content (AvgIpc) is 3.30. The number of unbranched alkanes of at least 4 members (excludes halogenated alkanes) is 29. The largest absolute Gasteiger partial charge is 0.462 e. The molecule has 0 aromatic carbocycles. The summed E-state index contributed by atoms with van der Waals surface area (Å²) in [5.41, 5.74) is 0. The van der Waals surface area contributed by atoms with Crippen molar-refractivity contribution in [3.63, 3.8) is 0 Å². The summed E-state index contributed by atoms with van der Waals surface area (Å²) in [6, 6.07) is 0. The van der Waals surface area contributed by atoms with Crippen molar-refractivity contribution in [2.45, 2.75) is 284 Å². The average molecular weight is 909 g/mol. The van der Waals surface area contributed by atoms with Gasteiger partial charge in [0.2, 0.25) is 0 Å². The van der Waals surface area contributed by atoms with Crippen molar-refractivity contribution in [1.29, 1.82) is 0 Å². The third kappa shape index (κ3) is 51.9. The Bertz CT molecular complexity index is 1180. The minimum Gasteiger partial charge on any atom is -0.462 e. The molecule has 376 valence electrons. The van der Waals surface area contributed by atoms with Gasteiger partial charge in [-0.05, 0) is 83.5 Å². The van der Waals surface area contributed by atoms with Crippen molar-refractivity contribution >= 4 is 17.9 Å². The summed E-state index contributed by atoms with van der Waals surface area (Å²) < 4.78 is 16.8. The molecule has 0 aromatic rings. The lowest BCUT2D eigenvalue weighted by molar-refractivity contribution is -0.167. The van der Waals surface area contributed by atoms with Gasteiger partial charge in [0.1, 0.15) is 13.2 Å². The third-order valence-electron chi connectivity index (χ3n) is 12.0. The van der Waals surface area contributed by atoms with Crippen LogP contribution in [-0.4, -0.2) is 37.2 Å². The van der Waals surface area contributed by atoms with E-state index in [1.165, 1.54) is 135 Å². The normalized spacial score (nSPS) is 12.5. The molecule has 65 heavy (non-hydrogen) atoms. The third-order valence-corrected chi connectivity index (χ3v) is 12.0. The van der Waals surface area contributed by atoms with Crippen molar-refractivity contribution in [3.8, 4) is 0 Å². The summed E-state index contributed by atoms with van der Waals surface area (Å²) in [6.07, 6.45) is 66.4. The van der Waals surface area contributed by atoms with Gasteiger partial charge < -0.3 is 14.2 Å². The van der Waals surface area contributed by atoms with Crippen molar-refractivity contribution in [1.82, 2.24) is 0 Å². The van der Waals surface area contributed by atoms with E-state index >= 15 is 0 Å². The Morgan fingerprint density at radius 3 is 0.969 bits per heavy atom. The van der Waals surface area contributed by atoms with Crippen LogP contribution in [0.15, 0.2) is 60.8 Å². The molecule has 0 fully saturated rings. The minimum atomic E-state index is -0.795. The Hall–Kier alpha value is -2.89. The molecule has 0 aliphatic heterocycles. The lowest BCUT2D eigenvalue weighted by atomic mass is 10.0. The molecule has 0 rings (SSSR count). The number of carbonyl (C=O) groups excluding carboxylic acids is 3. The smallest absolute Gasteiger partial charge is 0.306 e. The number of hydrogen-bond donors (Lipinski definition) is 0. The van der Waals surface area contributed by atoms with Crippen LogP contribution in [0.3, 0.4) is 0 Å². The van der Waals surface area contributed by atoms with E-state index in [1.807, 2.05) is 0 Å². The lowest BCUT2D eigenvalue weighted by Gasteiger charge is -2.18. The maximum Gasteiger partial charge on any atom is 0.306 e. The molecule has 0 radical (unpaired) electrons. The van der Waals surface area contributed by atoms with Gasteiger partial charge in [0.15, 0.2) is 6.10 Å². The van der Waals surface area contributed by atoms with Crippen LogP contribution in [0.1, 0.15) is 278 Å². The van der Waals surface area contributed by atoms with E-state index in [2.05, 4.69) is 81.5 Å². The molecule has 6 heteroatoms. The molecule has 0 aliphatic rings. The maximum atomic E-state index is 12.8. The summed E-state index contributed by atoms with van der Waals surface area (Å²) in [5.74, 6) is -0.928. The maximum absolute atomic E-state index is 12.8. The van der Waals surface area contributed by atoms with Gasteiger partial charge in [0.25, 0.3) is 0 Å². The predicted molar refractivity (Wildman–Crippen MR) is 279 cm³/mol. The van der Waals surface area contributed by atoms with Crippen LogP contribution in [0.25, 0.3) is 0 Å². The number of ether oxygens (including phenoxy) is 3. The van der Waals surface area contributed by atoms with Crippen LogP contribution in [0.4, 0.5) is 0 Å². The molecule has 6 nitrogen and oxygen atoms in total. The zero-order valence-corrected chi connectivity index (χ0v) is 43.0. The number of carbonyl (C=O) groups is 3. The number of rotatable bonds is 50. The fraction of sp³-hybridized carbons (Fsp3) is 0.780. The molecule has 0 heterocycles. The van der Waals surface area contributed by atoms with Crippen LogP contribution in [0.5, 0.6) is 0 Å². The van der Waals surface area contributed by atoms with Crippen LogP contribution in [-0.2, 0) is 28.6 Å². The van der Waals surface area contributed by atoms with Gasteiger partial charge in [0, 0.05) is 19.3 Å². The van der Waals surface area contributed by atoms with Crippen molar-refractivity contribution in [3.05, 3.63) is 60.8 Å². The highest BCUT2D eigenvalue weighted by Crippen LogP contribution is 2.16. The number of allylic oxidation sites excluding steroid dienone is 10. The summed E-state index contributed by atoms with van der Waals surface area (Å²) in [5, 5.41) is 0. The summed E-state index contributed by atoms with van der Waals surface area (Å²) in [7, 11) is 0. The highest BCUT2D eigenvalue weighted by molar-refractivity contribution is 5.71. The Balaban J connectivity index is 4.40. The first kappa shape index (κ1) is 62.1. The quantitative estimate of drug-likeness (QED) is 0.0262. The van der Waals surface area contributed by atoms with E-state index in [9.17, 15) is 14.4 Å². The fourth-order valence-corrected chi connectivity index (χ4v) is 7.84. The van der Waals surface area contributed by atoms with Crippen LogP contribution in [0.2, 0.25) is 0 Å². The van der Waals surface area contributed by atoms with E-state index in [4.69, 9.17) is 14.2 Å². The molecule has 0 aromatic heterocycles. The first-order chi connectivity index (χ1) is 32.0. The molecule has 1 unspecified atom stereocenters. The van der Waals surface area contributed by atoms with Crippen molar-refractivity contribution < 1.29 is 28.6 Å². The summed E-state index contributed by atoms with van der Waals surface area (Å²) in [4.78, 5) is 38.1. The van der Waals surface area contributed by atoms with Crippen LogP contribution < -0.4 is 0 Å². The van der Waals surface area contributed by atoms with E-state index in [0.717, 1.165) is 103 Å². The Labute approximate surface area is 402 Å². The Morgan fingerprint density at radius 2 is 0.600 bits per heavy atom. The van der Waals surface area contributed by atoms with Gasteiger partial charge >= 0.3 is 17.9 Å². The second kappa shape index (κ2) is 53.7. The Kier molecular flexibility index (Phi) is 51.3. The molecule has 0 N–H and O–H groups in total. The van der Waals surface area contributed by atoms with Gasteiger partial charge in [-0.2, -0.15) is 0 Å². The monoisotopic (exact) mass is 909 g/mol. The van der Waals surface area contributed by atoms with Crippen LogP contribution in [0, 0.1) is 0 Å². The second-order valence-electron chi connectivity index (χ2n) is 18.5. The van der Waals surface area contributed by atoms with Gasteiger partial charge in [0.05, 0.1) is 0 Å². The molecular weight excluding hydrogens is 805 g/mol. The molecule has 0 spiro atoms. The molecular formula is C59H104O6. The fourth-order valence-electron chi connectivity index (χ4n) is 7.84. The summed E-state index contributed by atoms with van der Waals surface area (Å²) in [6.45, 7) is 6.50. The number of esters is 3. The molecule has 0 amide bonds. The van der Waals surface area contributed by atoms with Gasteiger partial charge in [-0.1, -0.05) is 236 Å². The molecule has 0 saturated carbocycles. The van der Waals surface area contributed by atoms with E-state index in [1.54, 1.807) is 0 Å². The van der Waals surface area contributed by atoms with Gasteiger partial charge in [-0.3, -0.25) is 14.4 Å². The highest BCUT2D eigenvalue weighted by atomic mass is 16.6. The van der Waals surface area contributed by atoms with Gasteiger partial charge in [-0.25, -0.2) is 0 Å². The van der Waals surface area contributed by atoms with Gasteiger partial charge in [-0.15, -0.1) is 0 Å². The SMILES string of the molecule is CC/C=C\C/C=C\C/C=C\C/C=C\CCCCCC(=O)OC(COC(=O)CCCCC/C=C\CCCCCCCC)COC(=O)CCCCCCCCCCCCCCCCCCCC. The molecule has 0 saturated heterocycles. The minimum absolute atomic E-state index is 0.0895. The molecule has 1 atom stereocenters. The van der Waals surface area contributed by atoms with Crippen molar-refractivity contribution in [2.24, 2.45) is 0 Å². The second-order valence-corrected chi connectivity index (χ2v) is 18.5. The first-order valence-electron chi connectivity index (χ1n) is 27.8. The van der Waals surface area contributed by atoms with Crippen LogP contribution >= 0.6 is 0 Å². The lowest BCUT2D eigenvalue weighted by Crippen LogP contribution is -2.30. The number of hydrogen-bond acceptors (Lipinski definition) is 6. The predicted octanol–water partition coefficient (Wildman–Crippen LogP) is 18.4. The molecule has 0 bridgehead atoms. The summed E-state index contributed by atoms with van der Waals surface area (Å²) >= 11 is 0. The molecule has 0 aliphatic carbocycles. The van der Waals surface area contributed by atoms with E-state index in [-0.39, 0.29) is 31.1 Å². The zero-order valence-electron chi connectivity index (χ0n) is 43.0. The van der Waals surface area contributed by atoms with Crippen molar-refractivity contribution in [2.75, 3.05) is 13.2 Å². The van der Waals surface area contributed by atoms with E-state index < -0.39 is 6.10 Å². The highest BCUT2D eigenvalue weighted by Gasteiger charge is 2.19. The first-order valence-corrected chi connectivity index (χ1v) is 27.8.